The van der Waals surface area contributed by atoms with Gasteiger partial charge in [0.2, 0.25) is 5.91 Å². The number of esters is 1. The highest BCUT2D eigenvalue weighted by molar-refractivity contribution is 7.10. The second-order valence-electron chi connectivity index (χ2n) is 17.7. The van der Waals surface area contributed by atoms with E-state index in [9.17, 15) is 23.7 Å². The lowest BCUT2D eigenvalue weighted by Crippen LogP contribution is -2.60. The Morgan fingerprint density at radius 1 is 1.14 bits per heavy atom. The summed E-state index contributed by atoms with van der Waals surface area (Å²) in [6.07, 6.45) is 2.72. The fourth-order valence-electron chi connectivity index (χ4n) is 8.68. The first-order chi connectivity index (χ1) is 30.1. The summed E-state index contributed by atoms with van der Waals surface area (Å²) in [5, 5.41) is 7.18. The number of rotatable bonds is 9. The molecule has 0 radical (unpaired) electrons. The number of fused-ring (bicyclic) bond motifs is 4. The molecule has 342 valence electrons. The third-order valence-electron chi connectivity index (χ3n) is 12.0. The smallest absolute Gasteiger partial charge is 0.320 e. The second-order valence-corrected chi connectivity index (χ2v) is 18.7. The highest BCUT2D eigenvalue weighted by Gasteiger charge is 2.38. The zero-order valence-corrected chi connectivity index (χ0v) is 38.9. The first-order valence-corrected chi connectivity index (χ1v) is 22.8. The number of nitrogens with one attached hydrogen (secondary N) is 2. The Morgan fingerprint density at radius 3 is 2.62 bits per heavy atom. The van der Waals surface area contributed by atoms with E-state index in [1.807, 2.05) is 45.2 Å². The van der Waals surface area contributed by atoms with E-state index in [4.69, 9.17) is 24.2 Å². The number of urea groups is 1. The predicted octanol–water partition coefficient (Wildman–Crippen LogP) is 6.89. The summed E-state index contributed by atoms with van der Waals surface area (Å²) in [6, 6.07) is 7.55. The highest BCUT2D eigenvalue weighted by atomic mass is 32.1. The molecule has 3 aromatic heterocycles. The van der Waals surface area contributed by atoms with Crippen molar-refractivity contribution in [3.05, 3.63) is 58.2 Å². The molecular formula is C46H63FN8O7S. The Balaban J connectivity index is 1.41. The normalized spacial score (nSPS) is 20.1. The lowest BCUT2D eigenvalue weighted by molar-refractivity contribution is -0.147. The summed E-state index contributed by atoms with van der Waals surface area (Å²) >= 11 is 1.34. The molecule has 4 bridgehead atoms. The molecule has 63 heavy (non-hydrogen) atoms. The maximum Gasteiger partial charge on any atom is 0.320 e. The summed E-state index contributed by atoms with van der Waals surface area (Å²) < 4.78 is 34.0. The molecule has 2 aliphatic heterocycles. The van der Waals surface area contributed by atoms with Crippen LogP contribution in [0.5, 0.6) is 0 Å². The lowest BCUT2D eigenvalue weighted by atomic mass is 9.84. The minimum atomic E-state index is -1.25. The fourth-order valence-corrected chi connectivity index (χ4v) is 9.53. The summed E-state index contributed by atoms with van der Waals surface area (Å²) in [7, 11) is 3.25. The number of methoxy groups -OCH3 is 1. The molecular weight excluding hydrogens is 828 g/mol. The molecule has 1 aromatic carbocycles. The van der Waals surface area contributed by atoms with Gasteiger partial charge in [-0.2, -0.15) is 0 Å². The van der Waals surface area contributed by atoms with Crippen molar-refractivity contribution >= 4 is 46.1 Å². The Labute approximate surface area is 373 Å². The van der Waals surface area contributed by atoms with Crippen molar-refractivity contribution < 1.29 is 37.9 Å². The molecule has 5 heterocycles. The number of hydrazine groups is 1. The van der Waals surface area contributed by atoms with Crippen LogP contribution in [0.4, 0.5) is 9.28 Å². The highest BCUT2D eigenvalue weighted by Crippen LogP contribution is 2.42. The third-order valence-corrected chi connectivity index (χ3v) is 12.9. The van der Waals surface area contributed by atoms with Crippen LogP contribution >= 0.6 is 11.3 Å². The number of pyridine rings is 1. The number of likely N-dealkylation sites (N-methyl/N-ethyl adjacent to an activating group) is 1. The number of amides is 4. The van der Waals surface area contributed by atoms with Crippen molar-refractivity contribution in [2.45, 2.75) is 111 Å². The number of aromatic nitrogens is 3. The van der Waals surface area contributed by atoms with Crippen molar-refractivity contribution in [1.82, 2.24) is 40.3 Å². The van der Waals surface area contributed by atoms with Gasteiger partial charge >= 0.3 is 12.0 Å². The number of hydrogen-bond acceptors (Lipinski definition) is 11. The number of cyclic esters (lactones) is 1. The number of carbonyl (C=O) groups excluding carboxylic acids is 4. The number of carbonyl (C=O) groups is 4. The van der Waals surface area contributed by atoms with E-state index >= 15 is 0 Å². The van der Waals surface area contributed by atoms with Gasteiger partial charge in [-0.3, -0.25) is 19.4 Å². The van der Waals surface area contributed by atoms with E-state index in [0.717, 1.165) is 44.0 Å². The zero-order valence-electron chi connectivity index (χ0n) is 38.0. The van der Waals surface area contributed by atoms with Gasteiger partial charge in [0.15, 0.2) is 0 Å². The van der Waals surface area contributed by atoms with Crippen molar-refractivity contribution in [2.75, 3.05) is 47.1 Å². The van der Waals surface area contributed by atoms with Crippen molar-refractivity contribution in [3.8, 4) is 22.5 Å². The van der Waals surface area contributed by atoms with Crippen molar-refractivity contribution in [3.63, 3.8) is 0 Å². The van der Waals surface area contributed by atoms with Crippen LogP contribution in [-0.2, 0) is 48.0 Å². The van der Waals surface area contributed by atoms with Crippen LogP contribution in [0.3, 0.4) is 0 Å². The minimum absolute atomic E-state index is 0.0395. The molecule has 1 unspecified atom stereocenters. The Bertz CT molecular complexity index is 2260. The maximum atomic E-state index is 14.5. The molecule has 0 spiro atoms. The maximum absolute atomic E-state index is 14.5. The SMILES string of the molecule is CCn1c(-c2cccnc2[C@H](C)OC)c2c3cc(ccc31)-c1csc(n1)C[C@H](NC(=O)C(C(C)C)N(C)C(=O)N1CCOC[C@H]1C)C(=O)N(NF)CCCCC(=O)OCC(C)(C)C2. The Morgan fingerprint density at radius 2 is 1.92 bits per heavy atom. The van der Waals surface area contributed by atoms with E-state index < -0.39 is 29.3 Å². The van der Waals surface area contributed by atoms with E-state index in [1.54, 1.807) is 25.3 Å². The molecule has 1 fully saturated rings. The minimum Gasteiger partial charge on any atom is -0.465 e. The Hall–Kier alpha value is -4.97. The molecule has 4 amide bonds. The van der Waals surface area contributed by atoms with E-state index in [-0.39, 0.29) is 62.5 Å². The van der Waals surface area contributed by atoms with Crippen LogP contribution in [0, 0.1) is 11.3 Å². The number of thiazole rings is 1. The number of ether oxygens (including phenoxy) is 3. The van der Waals surface area contributed by atoms with Crippen LogP contribution in [0.15, 0.2) is 41.9 Å². The van der Waals surface area contributed by atoms with Gasteiger partial charge in [0, 0.05) is 85.7 Å². The zero-order chi connectivity index (χ0) is 45.6. The van der Waals surface area contributed by atoms with Crippen LogP contribution in [0.25, 0.3) is 33.4 Å². The molecule has 2 aliphatic rings. The van der Waals surface area contributed by atoms with Crippen LogP contribution in [-0.4, -0.2) is 118 Å². The van der Waals surface area contributed by atoms with Crippen molar-refractivity contribution in [2.24, 2.45) is 11.3 Å². The first-order valence-electron chi connectivity index (χ1n) is 21.9. The Kier molecular flexibility index (Phi) is 15.6. The summed E-state index contributed by atoms with van der Waals surface area (Å²) in [4.78, 5) is 68.2. The lowest BCUT2D eigenvalue weighted by Gasteiger charge is -2.39. The molecule has 17 heteroatoms. The van der Waals surface area contributed by atoms with E-state index in [0.29, 0.717) is 49.8 Å². The number of halogens is 1. The molecule has 15 nitrogen and oxygen atoms in total. The largest absolute Gasteiger partial charge is 0.465 e. The van der Waals surface area contributed by atoms with Gasteiger partial charge in [-0.25, -0.2) is 14.8 Å². The van der Waals surface area contributed by atoms with Gasteiger partial charge in [-0.1, -0.05) is 39.4 Å². The number of aryl methyl sites for hydroxylation is 1. The average molecular weight is 891 g/mol. The second kappa shape index (κ2) is 20.7. The number of benzene rings is 1. The molecule has 6 rings (SSSR count). The summed E-state index contributed by atoms with van der Waals surface area (Å²) in [5.41, 5.74) is 7.45. The topological polar surface area (TPSA) is 160 Å². The summed E-state index contributed by atoms with van der Waals surface area (Å²) in [6.45, 7) is 15.7. The monoisotopic (exact) mass is 890 g/mol. The number of nitrogens with zero attached hydrogens (tertiary/aromatic N) is 6. The molecule has 2 N–H and O–H groups in total. The van der Waals surface area contributed by atoms with Crippen LogP contribution in [0.1, 0.15) is 90.1 Å². The third kappa shape index (κ3) is 10.7. The predicted molar refractivity (Wildman–Crippen MR) is 240 cm³/mol. The quantitative estimate of drug-likeness (QED) is 0.134. The van der Waals surface area contributed by atoms with Gasteiger partial charge in [-0.05, 0) is 75.8 Å². The average Bonchev–Trinajstić information content (AvgIpc) is 3.86. The standard InChI is InChI=1S/C46H63FN8O7S/c1-10-53-37-17-16-31-22-33(37)34(42(53)32-14-13-18-48-40(32)30(5)60-9)24-46(6,7)27-62-39(56)15-11-12-19-55(51-47)44(58)35(23-38-49-36(31)26-63-38)50-43(57)41(28(2)3)52(8)45(59)54-20-21-61-25-29(54)4/h13-14,16-18,22,26,28-30,35,41,51H,10-12,15,19-21,23-25,27H2,1-9H3,(H,50,57)/t29-,30+,35+,41?/m1/s1. The number of hydrogen-bond donors (Lipinski definition) is 2. The first kappa shape index (κ1) is 47.5. The van der Waals surface area contributed by atoms with Gasteiger partial charge in [0.05, 0.1) is 54.1 Å². The van der Waals surface area contributed by atoms with E-state index in [2.05, 4.69) is 48.9 Å². The van der Waals surface area contributed by atoms with Gasteiger partial charge in [0.1, 0.15) is 12.1 Å². The summed E-state index contributed by atoms with van der Waals surface area (Å²) in [5.74, 6) is -2.00. The molecule has 0 saturated carbocycles. The van der Waals surface area contributed by atoms with E-state index in [1.165, 1.54) is 21.9 Å². The molecule has 0 aliphatic carbocycles. The number of morpholine rings is 1. The fraction of sp³-hybridized carbons (Fsp3) is 0.565. The van der Waals surface area contributed by atoms with Gasteiger partial charge in [0.25, 0.3) is 5.91 Å². The van der Waals surface area contributed by atoms with Crippen LogP contribution in [0.2, 0.25) is 0 Å². The molecule has 1 saturated heterocycles. The van der Waals surface area contributed by atoms with Gasteiger partial charge in [-0.15, -0.1) is 15.8 Å². The van der Waals surface area contributed by atoms with Gasteiger partial charge < -0.3 is 33.9 Å². The molecule has 4 atom stereocenters. The van der Waals surface area contributed by atoms with Crippen molar-refractivity contribution in [1.29, 1.82) is 0 Å². The van der Waals surface area contributed by atoms with Crippen LogP contribution < -0.4 is 11.0 Å². The molecule has 4 aromatic rings.